The average Bonchev–Trinajstić information content (AvgIpc) is 3.07. The highest BCUT2D eigenvalue weighted by molar-refractivity contribution is 6.33. The zero-order valence-corrected chi connectivity index (χ0v) is 21.8. The topological polar surface area (TPSA) is 114 Å². The highest BCUT2D eigenvalue weighted by Crippen LogP contribution is 2.38. The van der Waals surface area contributed by atoms with Crippen LogP contribution in [0.3, 0.4) is 0 Å². The third kappa shape index (κ3) is 6.49. The van der Waals surface area contributed by atoms with Gasteiger partial charge in [0.25, 0.3) is 0 Å². The van der Waals surface area contributed by atoms with Crippen molar-refractivity contribution < 1.29 is 37.0 Å². The number of para-hydroxylation sites is 1. The summed E-state index contributed by atoms with van der Waals surface area (Å²) in [4.78, 5) is 41.2. The molecule has 2 heterocycles. The van der Waals surface area contributed by atoms with Crippen LogP contribution in [-0.4, -0.2) is 66.8 Å². The summed E-state index contributed by atoms with van der Waals surface area (Å²) in [6, 6.07) is 9.26. The molecule has 1 saturated heterocycles. The van der Waals surface area contributed by atoms with Gasteiger partial charge in [0.15, 0.2) is 0 Å². The lowest BCUT2D eigenvalue weighted by molar-refractivity contribution is -0.151. The Hall–Kier alpha value is -3.67. The van der Waals surface area contributed by atoms with Crippen LogP contribution in [0.1, 0.15) is 29.5 Å². The number of carbonyl (C=O) groups is 3. The van der Waals surface area contributed by atoms with Crippen LogP contribution in [0.4, 0.5) is 34.1 Å². The fraction of sp³-hybridized carbons (Fsp3) is 0.423. The van der Waals surface area contributed by atoms with Gasteiger partial charge in [0, 0.05) is 37.8 Å². The van der Waals surface area contributed by atoms with Gasteiger partial charge in [0.2, 0.25) is 6.10 Å². The van der Waals surface area contributed by atoms with Crippen LogP contribution in [0.2, 0.25) is 5.02 Å². The number of alkyl halides is 3. The smallest absolute Gasteiger partial charge is 0.418 e. The van der Waals surface area contributed by atoms with Crippen molar-refractivity contribution in [3.05, 3.63) is 58.1 Å². The number of rotatable bonds is 5. The maximum atomic E-state index is 13.4. The van der Waals surface area contributed by atoms with Gasteiger partial charge in [0.1, 0.15) is 0 Å². The van der Waals surface area contributed by atoms with Gasteiger partial charge in [-0.15, -0.1) is 0 Å². The van der Waals surface area contributed by atoms with Crippen LogP contribution in [0.25, 0.3) is 0 Å². The quantitative estimate of drug-likeness (QED) is 0.399. The molecule has 0 saturated carbocycles. The number of nitrogens with two attached hydrogens (primary N) is 1. The number of likely N-dealkylation sites (tertiary alicyclic amines) is 1. The zero-order valence-electron chi connectivity index (χ0n) is 21.1. The summed E-state index contributed by atoms with van der Waals surface area (Å²) in [6.07, 6.45) is -5.80. The molecule has 1 unspecified atom stereocenters. The maximum Gasteiger partial charge on any atom is 0.418 e. The number of nitrogens with one attached hydrogen (secondary N) is 1. The summed E-state index contributed by atoms with van der Waals surface area (Å²) < 4.78 is 50.1. The Kier molecular flexibility index (Phi) is 8.43. The molecule has 2 aromatic rings. The van der Waals surface area contributed by atoms with Crippen LogP contribution in [0.5, 0.6) is 0 Å². The van der Waals surface area contributed by atoms with E-state index in [0.717, 1.165) is 24.4 Å². The van der Waals surface area contributed by atoms with E-state index in [9.17, 15) is 27.6 Å². The number of hydrogen-bond donors (Lipinski definition) is 2. The predicted octanol–water partition coefficient (Wildman–Crippen LogP) is 4.72. The summed E-state index contributed by atoms with van der Waals surface area (Å²) in [5.74, 6) is -0.930. The molecule has 0 bridgehead atoms. The number of nitrogen functional groups attached to an aromatic ring is 1. The molecule has 0 spiro atoms. The largest absolute Gasteiger partial charge is 0.466 e. The van der Waals surface area contributed by atoms with E-state index in [1.165, 1.54) is 11.0 Å². The van der Waals surface area contributed by atoms with Crippen molar-refractivity contribution >= 4 is 41.1 Å². The highest BCUT2D eigenvalue weighted by atomic mass is 35.5. The number of ether oxygens (including phenoxy) is 2. The van der Waals surface area contributed by atoms with E-state index in [-0.39, 0.29) is 35.7 Å². The second-order valence-electron chi connectivity index (χ2n) is 9.39. The van der Waals surface area contributed by atoms with E-state index in [2.05, 4.69) is 5.32 Å². The fourth-order valence-corrected chi connectivity index (χ4v) is 5.08. The number of benzene rings is 2. The number of anilines is 2. The summed E-state index contributed by atoms with van der Waals surface area (Å²) in [5.41, 5.74) is 5.52. The number of fused-ring (bicyclic) bond motifs is 1. The predicted molar refractivity (Wildman–Crippen MR) is 137 cm³/mol. The molecule has 1 fully saturated rings. The van der Waals surface area contributed by atoms with E-state index in [0.29, 0.717) is 25.8 Å². The van der Waals surface area contributed by atoms with E-state index in [1.807, 2.05) is 24.3 Å². The summed E-state index contributed by atoms with van der Waals surface area (Å²) in [7, 11) is 1.08. The van der Waals surface area contributed by atoms with Crippen molar-refractivity contribution in [2.75, 3.05) is 37.8 Å². The molecule has 0 aromatic heterocycles. The minimum atomic E-state index is -4.77. The first-order valence-corrected chi connectivity index (χ1v) is 12.7. The lowest BCUT2D eigenvalue weighted by atomic mass is 10.0. The van der Waals surface area contributed by atoms with Crippen molar-refractivity contribution in [1.82, 2.24) is 9.80 Å². The van der Waals surface area contributed by atoms with E-state index in [1.54, 1.807) is 4.90 Å². The summed E-state index contributed by atoms with van der Waals surface area (Å²) in [5, 5.41) is 2.60. The Morgan fingerprint density at radius 2 is 1.87 bits per heavy atom. The summed E-state index contributed by atoms with van der Waals surface area (Å²) >= 11 is 5.88. The first-order chi connectivity index (χ1) is 18.5. The molecular weight excluding hydrogens is 541 g/mol. The summed E-state index contributed by atoms with van der Waals surface area (Å²) in [6.45, 7) is 1.06. The number of urea groups is 1. The second-order valence-corrected chi connectivity index (χ2v) is 9.79. The molecule has 4 rings (SSSR count). The third-order valence-corrected chi connectivity index (χ3v) is 7.24. The first kappa shape index (κ1) is 28.3. The Bertz CT molecular complexity index is 1250. The molecule has 13 heteroatoms. The van der Waals surface area contributed by atoms with Gasteiger partial charge in [-0.3, -0.25) is 0 Å². The van der Waals surface area contributed by atoms with E-state index in [4.69, 9.17) is 26.8 Å². The number of methoxy groups -OCH3 is 1. The van der Waals surface area contributed by atoms with Gasteiger partial charge in [0.05, 0.1) is 23.4 Å². The van der Waals surface area contributed by atoms with Crippen molar-refractivity contribution in [3.8, 4) is 0 Å². The molecule has 2 aliphatic heterocycles. The standard InChI is InChI=1S/C26H28ClF3N4O5/c1-38-23(35)21(14-15-12-18(26(28,29)30)22(31)19(27)13-15)39-25(37)33-9-7-17(8-10-33)34-11-6-16-4-2-3-5-20(16)32-24(34)36/h2-5,12-13,17,21H,6-11,14,31H2,1H3,(H,32,36). The lowest BCUT2D eigenvalue weighted by Crippen LogP contribution is -2.50. The van der Waals surface area contributed by atoms with Gasteiger partial charge in [-0.2, -0.15) is 13.2 Å². The number of amides is 3. The molecule has 39 heavy (non-hydrogen) atoms. The van der Waals surface area contributed by atoms with Crippen LogP contribution < -0.4 is 11.1 Å². The highest BCUT2D eigenvalue weighted by Gasteiger charge is 2.36. The SMILES string of the molecule is COC(=O)C(Cc1cc(Cl)c(N)c(C(F)(F)F)c1)OC(=O)N1CCC(N2CCc3ccccc3NC2=O)CC1. The third-order valence-electron chi connectivity index (χ3n) is 6.93. The average molecular weight is 569 g/mol. The minimum Gasteiger partial charge on any atom is -0.466 e. The van der Waals surface area contributed by atoms with Gasteiger partial charge >= 0.3 is 24.3 Å². The molecule has 210 valence electrons. The van der Waals surface area contributed by atoms with Gasteiger partial charge in [-0.1, -0.05) is 29.8 Å². The second kappa shape index (κ2) is 11.6. The number of esters is 1. The van der Waals surface area contributed by atoms with Crippen molar-refractivity contribution in [2.45, 2.75) is 44.0 Å². The lowest BCUT2D eigenvalue weighted by Gasteiger charge is -2.37. The maximum absolute atomic E-state index is 13.4. The Labute approximate surface area is 228 Å². The first-order valence-electron chi connectivity index (χ1n) is 12.3. The van der Waals surface area contributed by atoms with Crippen LogP contribution in [0, 0.1) is 0 Å². The zero-order chi connectivity index (χ0) is 28.3. The molecular formula is C26H28ClF3N4O5. The Balaban J connectivity index is 1.38. The van der Waals surface area contributed by atoms with Crippen molar-refractivity contribution in [3.63, 3.8) is 0 Å². The molecule has 9 nitrogen and oxygen atoms in total. The van der Waals surface area contributed by atoms with E-state index >= 15 is 0 Å². The van der Waals surface area contributed by atoms with Gasteiger partial charge in [-0.25, -0.2) is 14.4 Å². The molecule has 0 radical (unpaired) electrons. The number of hydrogen-bond acceptors (Lipinski definition) is 6. The number of halogens is 4. The van der Waals surface area contributed by atoms with Crippen LogP contribution >= 0.6 is 11.6 Å². The fourth-order valence-electron chi connectivity index (χ4n) is 4.84. The Morgan fingerprint density at radius 1 is 1.18 bits per heavy atom. The van der Waals surface area contributed by atoms with Gasteiger partial charge < -0.3 is 30.3 Å². The van der Waals surface area contributed by atoms with Crippen LogP contribution in [-0.2, 0) is 33.3 Å². The molecule has 1 atom stereocenters. The van der Waals surface area contributed by atoms with E-state index < -0.39 is 42.0 Å². The molecule has 3 N–H and O–H groups in total. The van der Waals surface area contributed by atoms with Crippen LogP contribution in [0.15, 0.2) is 36.4 Å². The van der Waals surface area contributed by atoms with Crippen molar-refractivity contribution in [1.29, 1.82) is 0 Å². The van der Waals surface area contributed by atoms with Crippen molar-refractivity contribution in [2.24, 2.45) is 0 Å². The van der Waals surface area contributed by atoms with Gasteiger partial charge in [-0.05, 0) is 48.6 Å². The number of piperidine rings is 1. The molecule has 0 aliphatic carbocycles. The minimum absolute atomic E-state index is 0.00314. The molecule has 2 aromatic carbocycles. The molecule has 2 aliphatic rings. The monoisotopic (exact) mass is 568 g/mol. The number of carbonyl (C=O) groups excluding carboxylic acids is 3. The molecule has 3 amide bonds. The normalized spacial score (nSPS) is 17.1. The number of nitrogens with zero attached hydrogens (tertiary/aromatic N) is 2. The Morgan fingerprint density at radius 3 is 2.54 bits per heavy atom.